The highest BCUT2D eigenvalue weighted by atomic mass is 15.2. The minimum absolute atomic E-state index is 0.752. The summed E-state index contributed by atoms with van der Waals surface area (Å²) in [6.45, 7) is 6.18. The molecule has 2 N–H and O–H groups in total. The number of nitrogens with one attached hydrogen (secondary N) is 2. The van der Waals surface area contributed by atoms with Gasteiger partial charge in [-0.15, -0.1) is 10.2 Å². The van der Waals surface area contributed by atoms with Crippen LogP contribution in [-0.4, -0.2) is 17.2 Å². The van der Waals surface area contributed by atoms with Gasteiger partial charge in [0.25, 0.3) is 0 Å². The summed E-state index contributed by atoms with van der Waals surface area (Å²) >= 11 is 0. The van der Waals surface area contributed by atoms with Gasteiger partial charge >= 0.3 is 0 Å². The van der Waals surface area contributed by atoms with Gasteiger partial charge in [0.1, 0.15) is 0 Å². The van der Waals surface area contributed by atoms with Crippen LogP contribution in [-0.2, 0) is 0 Å². The Labute approximate surface area is 136 Å². The Kier molecular flexibility index (Phi) is 4.24. The van der Waals surface area contributed by atoms with Gasteiger partial charge in [-0.3, -0.25) is 0 Å². The Morgan fingerprint density at radius 3 is 2.17 bits per heavy atom. The molecule has 0 amide bonds. The minimum Gasteiger partial charge on any atom is -0.371 e. The highest BCUT2D eigenvalue weighted by molar-refractivity contribution is 5.99. The molecule has 1 heterocycles. The maximum Gasteiger partial charge on any atom is 0.161 e. The molecule has 2 aromatic carbocycles. The van der Waals surface area contributed by atoms with E-state index in [0.717, 1.165) is 40.1 Å². The van der Waals surface area contributed by atoms with E-state index in [2.05, 4.69) is 46.5 Å². The number of fused-ring (bicyclic) bond motifs is 1. The molecule has 0 saturated heterocycles. The van der Waals surface area contributed by atoms with Crippen molar-refractivity contribution in [2.24, 2.45) is 0 Å². The van der Waals surface area contributed by atoms with Crippen LogP contribution >= 0.6 is 0 Å². The number of nitrogens with zero attached hydrogens (tertiary/aromatic N) is 2. The Morgan fingerprint density at radius 2 is 1.57 bits per heavy atom. The van der Waals surface area contributed by atoms with E-state index in [1.807, 2.05) is 43.4 Å². The number of aromatic nitrogens is 2. The van der Waals surface area contributed by atoms with Gasteiger partial charge in [0.05, 0.1) is 0 Å². The van der Waals surface area contributed by atoms with Crippen molar-refractivity contribution in [1.82, 2.24) is 10.2 Å². The molecule has 0 unspecified atom stereocenters. The highest BCUT2D eigenvalue weighted by Gasteiger charge is 2.08. The van der Waals surface area contributed by atoms with Gasteiger partial charge in [-0.1, -0.05) is 49.9 Å². The summed E-state index contributed by atoms with van der Waals surface area (Å²) < 4.78 is 0. The van der Waals surface area contributed by atoms with E-state index in [9.17, 15) is 0 Å². The molecule has 0 fully saturated rings. The number of allylic oxidation sites excluding steroid dienone is 1. The maximum absolute atomic E-state index is 4.31. The molecule has 116 valence electrons. The van der Waals surface area contributed by atoms with Crippen LogP contribution in [0.2, 0.25) is 0 Å². The van der Waals surface area contributed by atoms with E-state index in [0.29, 0.717) is 0 Å². The lowest BCUT2D eigenvalue weighted by Crippen LogP contribution is -2.01. The van der Waals surface area contributed by atoms with Crippen LogP contribution in [0.3, 0.4) is 0 Å². The van der Waals surface area contributed by atoms with Crippen molar-refractivity contribution < 1.29 is 0 Å². The van der Waals surface area contributed by atoms with E-state index >= 15 is 0 Å². The molecular formula is C19H20N4. The molecule has 23 heavy (non-hydrogen) atoms. The topological polar surface area (TPSA) is 49.8 Å². The number of hydrogen-bond donors (Lipinski definition) is 2. The second-order valence-electron chi connectivity index (χ2n) is 5.35. The Balaban J connectivity index is 1.94. The van der Waals surface area contributed by atoms with Crippen molar-refractivity contribution in [2.75, 3.05) is 17.7 Å². The van der Waals surface area contributed by atoms with Crippen molar-refractivity contribution in [3.8, 4) is 0 Å². The summed E-state index contributed by atoms with van der Waals surface area (Å²) in [6.07, 6.45) is 0.953. The van der Waals surface area contributed by atoms with Crippen molar-refractivity contribution in [3.05, 3.63) is 60.7 Å². The third kappa shape index (κ3) is 3.01. The molecule has 4 nitrogen and oxygen atoms in total. The minimum atomic E-state index is 0.752. The number of hydrogen-bond acceptors (Lipinski definition) is 4. The fraction of sp³-hybridized carbons (Fsp3) is 0.158. The average molecular weight is 304 g/mol. The van der Waals surface area contributed by atoms with E-state index in [-0.39, 0.29) is 0 Å². The molecule has 3 aromatic rings. The fourth-order valence-corrected chi connectivity index (χ4v) is 2.51. The van der Waals surface area contributed by atoms with Gasteiger partial charge in [0.15, 0.2) is 11.6 Å². The molecule has 1 aromatic heterocycles. The lowest BCUT2D eigenvalue weighted by molar-refractivity contribution is 1.05. The largest absolute Gasteiger partial charge is 0.371 e. The quantitative estimate of drug-likeness (QED) is 0.708. The Bertz CT molecular complexity index is 838. The first-order valence-electron chi connectivity index (χ1n) is 7.71. The van der Waals surface area contributed by atoms with Crippen molar-refractivity contribution in [3.63, 3.8) is 0 Å². The summed E-state index contributed by atoms with van der Waals surface area (Å²) in [5.41, 5.74) is 3.29. The zero-order valence-electron chi connectivity index (χ0n) is 13.4. The van der Waals surface area contributed by atoms with Crippen LogP contribution in [0, 0.1) is 0 Å². The zero-order chi connectivity index (χ0) is 16.2. The van der Waals surface area contributed by atoms with E-state index < -0.39 is 0 Å². The Morgan fingerprint density at radius 1 is 0.957 bits per heavy atom. The molecule has 0 saturated carbocycles. The second-order valence-corrected chi connectivity index (χ2v) is 5.35. The van der Waals surface area contributed by atoms with Gasteiger partial charge in [0, 0.05) is 23.5 Å². The smallest absolute Gasteiger partial charge is 0.161 e. The molecule has 0 aliphatic heterocycles. The van der Waals surface area contributed by atoms with E-state index in [4.69, 9.17) is 0 Å². The lowest BCUT2D eigenvalue weighted by Gasteiger charge is -2.11. The van der Waals surface area contributed by atoms with Gasteiger partial charge in [0.2, 0.25) is 0 Å². The van der Waals surface area contributed by atoms with Gasteiger partial charge in [-0.25, -0.2) is 0 Å². The SMILES string of the molecule is C=C(CC)c1ccc(Nc2nnc(NC)c3ccccc23)cc1. The first-order valence-corrected chi connectivity index (χ1v) is 7.71. The molecule has 4 heteroatoms. The van der Waals surface area contributed by atoms with Crippen molar-refractivity contribution in [1.29, 1.82) is 0 Å². The standard InChI is InChI=1S/C19H20N4/c1-4-13(2)14-9-11-15(12-10-14)21-19-17-8-6-5-7-16(17)18(20-3)22-23-19/h5-12H,2,4H2,1,3H3,(H,20,22)(H,21,23). The van der Waals surface area contributed by atoms with Crippen LogP contribution in [0.5, 0.6) is 0 Å². The van der Waals surface area contributed by atoms with E-state index in [1.165, 1.54) is 5.56 Å². The number of benzene rings is 2. The summed E-state index contributed by atoms with van der Waals surface area (Å²) in [7, 11) is 1.85. The molecular weight excluding hydrogens is 284 g/mol. The lowest BCUT2D eigenvalue weighted by atomic mass is 10.1. The summed E-state index contributed by atoms with van der Waals surface area (Å²) in [4.78, 5) is 0. The maximum atomic E-state index is 4.31. The molecule has 3 rings (SSSR count). The van der Waals surface area contributed by atoms with Crippen molar-refractivity contribution >= 4 is 33.7 Å². The molecule has 0 atom stereocenters. The zero-order valence-corrected chi connectivity index (χ0v) is 13.4. The monoisotopic (exact) mass is 304 g/mol. The molecule has 0 bridgehead atoms. The first kappa shape index (κ1) is 15.0. The van der Waals surface area contributed by atoms with Crippen LogP contribution in [0.25, 0.3) is 16.3 Å². The predicted molar refractivity (Wildman–Crippen MR) is 98.1 cm³/mol. The first-order chi connectivity index (χ1) is 11.2. The van der Waals surface area contributed by atoms with Crippen LogP contribution in [0.15, 0.2) is 55.1 Å². The van der Waals surface area contributed by atoms with Crippen molar-refractivity contribution in [2.45, 2.75) is 13.3 Å². The summed E-state index contributed by atoms with van der Waals surface area (Å²) in [5, 5.41) is 17.1. The third-order valence-corrected chi connectivity index (χ3v) is 3.91. The fourth-order valence-electron chi connectivity index (χ4n) is 2.51. The predicted octanol–water partition coefficient (Wildman–Crippen LogP) is 4.84. The third-order valence-electron chi connectivity index (χ3n) is 3.91. The average Bonchev–Trinajstić information content (AvgIpc) is 2.62. The normalized spacial score (nSPS) is 10.5. The molecule has 0 spiro atoms. The second kappa shape index (κ2) is 6.48. The molecule has 0 radical (unpaired) electrons. The number of rotatable bonds is 5. The molecule has 0 aliphatic rings. The van der Waals surface area contributed by atoms with Crippen LogP contribution in [0.1, 0.15) is 18.9 Å². The summed E-state index contributed by atoms with van der Waals surface area (Å²) in [6, 6.07) is 16.3. The van der Waals surface area contributed by atoms with Gasteiger partial charge in [-0.05, 0) is 29.7 Å². The van der Waals surface area contributed by atoms with Gasteiger partial charge < -0.3 is 10.6 Å². The van der Waals surface area contributed by atoms with Gasteiger partial charge in [-0.2, -0.15) is 0 Å². The molecule has 0 aliphatic carbocycles. The van der Waals surface area contributed by atoms with Crippen LogP contribution in [0.4, 0.5) is 17.3 Å². The highest BCUT2D eigenvalue weighted by Crippen LogP contribution is 2.28. The number of anilines is 3. The van der Waals surface area contributed by atoms with E-state index in [1.54, 1.807) is 0 Å². The summed E-state index contributed by atoms with van der Waals surface area (Å²) in [5.74, 6) is 1.53. The van der Waals surface area contributed by atoms with Crippen LogP contribution < -0.4 is 10.6 Å². The Hall–Kier alpha value is -2.88.